The number of imidazole rings is 1. The average Bonchev–Trinajstić information content (AvgIpc) is 3.48. The first kappa shape index (κ1) is 25.0. The third-order valence-electron chi connectivity index (χ3n) is 6.31. The van der Waals surface area contributed by atoms with Gasteiger partial charge in [-0.1, -0.05) is 31.2 Å². The van der Waals surface area contributed by atoms with Crippen LogP contribution in [0.2, 0.25) is 0 Å². The van der Waals surface area contributed by atoms with Crippen molar-refractivity contribution in [3.8, 4) is 11.4 Å². The highest BCUT2D eigenvalue weighted by Gasteiger charge is 2.30. The minimum absolute atomic E-state index is 0.176. The normalized spacial score (nSPS) is 14.3. The molecule has 1 aliphatic rings. The number of aryl methyl sites for hydroxylation is 2. The van der Waals surface area contributed by atoms with E-state index in [2.05, 4.69) is 25.4 Å². The van der Waals surface area contributed by atoms with Crippen molar-refractivity contribution in [1.29, 1.82) is 0 Å². The van der Waals surface area contributed by atoms with E-state index in [0.717, 1.165) is 16.7 Å². The number of fused-ring (bicyclic) bond motifs is 2. The van der Waals surface area contributed by atoms with E-state index in [-0.39, 0.29) is 12.5 Å². The lowest BCUT2D eigenvalue weighted by molar-refractivity contribution is 0.0944. The summed E-state index contributed by atoms with van der Waals surface area (Å²) >= 11 is 0. The minimum atomic E-state index is -3.51. The lowest BCUT2D eigenvalue weighted by atomic mass is 10.1. The molecule has 5 rings (SSSR count). The van der Waals surface area contributed by atoms with Crippen LogP contribution in [-0.2, 0) is 36.3 Å². The standard InChI is InChI=1S/C24H29N9O3S/c1-5-19-21(32-14-16(2)12-26-24(32)27-19)23(34)25-13-17-6-8-18(9-7-17)22-28-20-15-31(10-11-33(20)29-22)37(35,36)30(3)4/h6-9,12,14H,5,10-11,13,15H2,1-4H3,(H,25,34). The van der Waals surface area contributed by atoms with Gasteiger partial charge in [0.05, 0.1) is 18.8 Å². The smallest absolute Gasteiger partial charge is 0.281 e. The molecular formula is C24H29N9O3S. The molecule has 0 spiro atoms. The van der Waals surface area contributed by atoms with Crippen molar-refractivity contribution in [2.75, 3.05) is 20.6 Å². The maximum atomic E-state index is 13.1. The van der Waals surface area contributed by atoms with Gasteiger partial charge >= 0.3 is 0 Å². The number of hydrogen-bond donors (Lipinski definition) is 1. The molecule has 1 amide bonds. The summed E-state index contributed by atoms with van der Waals surface area (Å²) in [5.74, 6) is 1.44. The first-order valence-electron chi connectivity index (χ1n) is 12.0. The summed E-state index contributed by atoms with van der Waals surface area (Å²) in [6.45, 7) is 5.20. The number of carbonyl (C=O) groups is 1. The number of nitrogens with zero attached hydrogens (tertiary/aromatic N) is 8. The molecule has 0 saturated carbocycles. The Morgan fingerprint density at radius 2 is 1.89 bits per heavy atom. The Morgan fingerprint density at radius 1 is 1.14 bits per heavy atom. The molecule has 37 heavy (non-hydrogen) atoms. The summed E-state index contributed by atoms with van der Waals surface area (Å²) in [4.78, 5) is 26.4. The Kier molecular flexibility index (Phi) is 6.52. The van der Waals surface area contributed by atoms with Crippen molar-refractivity contribution < 1.29 is 13.2 Å². The lowest BCUT2D eigenvalue weighted by Crippen LogP contribution is -2.44. The number of carbonyl (C=O) groups excluding carboxylic acids is 1. The second-order valence-electron chi connectivity index (χ2n) is 9.14. The zero-order valence-electron chi connectivity index (χ0n) is 21.2. The van der Waals surface area contributed by atoms with Crippen LogP contribution in [0.3, 0.4) is 0 Å². The fraction of sp³-hybridized carbons (Fsp3) is 0.375. The fourth-order valence-electron chi connectivity index (χ4n) is 4.26. The number of hydrogen-bond acceptors (Lipinski definition) is 7. The highest BCUT2D eigenvalue weighted by Crippen LogP contribution is 2.21. The Labute approximate surface area is 215 Å². The largest absolute Gasteiger partial charge is 0.347 e. The molecule has 1 aromatic carbocycles. The maximum absolute atomic E-state index is 13.1. The summed E-state index contributed by atoms with van der Waals surface area (Å²) in [6.07, 6.45) is 4.23. The van der Waals surface area contributed by atoms with Gasteiger partial charge in [0.1, 0.15) is 11.5 Å². The molecule has 13 heteroatoms. The molecular weight excluding hydrogens is 494 g/mol. The minimum Gasteiger partial charge on any atom is -0.347 e. The molecule has 3 aromatic heterocycles. The Balaban J connectivity index is 1.28. The van der Waals surface area contributed by atoms with Gasteiger partial charge in [0.2, 0.25) is 5.78 Å². The van der Waals surface area contributed by atoms with Gasteiger partial charge in [-0.15, -0.1) is 0 Å². The molecule has 194 valence electrons. The monoisotopic (exact) mass is 523 g/mol. The predicted octanol–water partition coefficient (Wildman–Crippen LogP) is 1.41. The molecule has 0 saturated heterocycles. The van der Waals surface area contributed by atoms with Crippen molar-refractivity contribution in [3.63, 3.8) is 0 Å². The number of amides is 1. The molecule has 0 fully saturated rings. The van der Waals surface area contributed by atoms with Crippen molar-refractivity contribution >= 4 is 21.9 Å². The van der Waals surface area contributed by atoms with Gasteiger partial charge in [-0.05, 0) is 24.5 Å². The van der Waals surface area contributed by atoms with Gasteiger partial charge in [0.25, 0.3) is 16.1 Å². The Hall–Kier alpha value is -3.68. The molecule has 4 aromatic rings. The Bertz CT molecular complexity index is 1570. The van der Waals surface area contributed by atoms with Crippen LogP contribution in [0.15, 0.2) is 36.7 Å². The van der Waals surface area contributed by atoms with Gasteiger partial charge in [0.15, 0.2) is 5.82 Å². The van der Waals surface area contributed by atoms with Crippen LogP contribution in [0.1, 0.15) is 40.1 Å². The highest BCUT2D eigenvalue weighted by molar-refractivity contribution is 7.86. The van der Waals surface area contributed by atoms with E-state index in [1.807, 2.05) is 44.3 Å². The summed E-state index contributed by atoms with van der Waals surface area (Å²) in [5, 5.41) is 7.55. The summed E-state index contributed by atoms with van der Waals surface area (Å²) in [5.41, 5.74) is 3.89. The molecule has 0 aliphatic carbocycles. The molecule has 4 heterocycles. The number of aromatic nitrogens is 6. The average molecular weight is 524 g/mol. The second kappa shape index (κ2) is 9.65. The van der Waals surface area contributed by atoms with E-state index in [9.17, 15) is 13.2 Å². The quantitative estimate of drug-likeness (QED) is 0.388. The summed E-state index contributed by atoms with van der Waals surface area (Å²) in [7, 11) is -0.477. The van der Waals surface area contributed by atoms with E-state index in [0.29, 0.717) is 54.9 Å². The van der Waals surface area contributed by atoms with Crippen LogP contribution < -0.4 is 5.32 Å². The number of benzene rings is 1. The fourth-order valence-corrected chi connectivity index (χ4v) is 5.32. The van der Waals surface area contributed by atoms with Crippen molar-refractivity contribution in [3.05, 3.63) is 65.0 Å². The van der Waals surface area contributed by atoms with Gasteiger partial charge in [-0.3, -0.25) is 9.20 Å². The molecule has 1 N–H and O–H groups in total. The molecule has 0 atom stereocenters. The van der Waals surface area contributed by atoms with Gasteiger partial charge in [-0.2, -0.15) is 22.1 Å². The SMILES string of the molecule is CCc1nc2ncc(C)cn2c1C(=O)NCc1ccc(-c2nc3n(n2)CCN(S(=O)(=O)N(C)C)C3)cc1. The first-order valence-corrected chi connectivity index (χ1v) is 13.4. The van der Waals surface area contributed by atoms with Gasteiger partial charge in [0, 0.05) is 45.1 Å². The third kappa shape index (κ3) is 4.72. The van der Waals surface area contributed by atoms with Gasteiger partial charge < -0.3 is 5.32 Å². The van der Waals surface area contributed by atoms with E-state index >= 15 is 0 Å². The van der Waals surface area contributed by atoms with Crippen LogP contribution in [-0.4, -0.2) is 72.7 Å². The van der Waals surface area contributed by atoms with Crippen LogP contribution in [0.5, 0.6) is 0 Å². The van der Waals surface area contributed by atoms with Crippen LogP contribution in [0.4, 0.5) is 0 Å². The number of rotatable bonds is 7. The molecule has 1 aliphatic heterocycles. The van der Waals surface area contributed by atoms with Crippen LogP contribution >= 0.6 is 0 Å². The molecule has 0 bridgehead atoms. The molecule has 0 radical (unpaired) electrons. The zero-order chi connectivity index (χ0) is 26.3. The highest BCUT2D eigenvalue weighted by atomic mass is 32.2. The molecule has 12 nitrogen and oxygen atoms in total. The lowest BCUT2D eigenvalue weighted by Gasteiger charge is -2.28. The summed E-state index contributed by atoms with van der Waals surface area (Å²) in [6, 6.07) is 7.63. The third-order valence-corrected chi connectivity index (χ3v) is 8.20. The van der Waals surface area contributed by atoms with Crippen LogP contribution in [0.25, 0.3) is 17.2 Å². The van der Waals surface area contributed by atoms with Gasteiger partial charge in [-0.25, -0.2) is 19.6 Å². The van der Waals surface area contributed by atoms with Crippen molar-refractivity contribution in [2.45, 2.75) is 39.9 Å². The van der Waals surface area contributed by atoms with E-state index in [1.165, 1.54) is 22.7 Å². The van der Waals surface area contributed by atoms with Crippen molar-refractivity contribution in [2.24, 2.45) is 0 Å². The number of nitrogens with one attached hydrogen (secondary N) is 1. The first-order chi connectivity index (χ1) is 17.7. The predicted molar refractivity (Wildman–Crippen MR) is 137 cm³/mol. The summed E-state index contributed by atoms with van der Waals surface area (Å²) < 4.78 is 31.0. The molecule has 0 unspecified atom stereocenters. The maximum Gasteiger partial charge on any atom is 0.281 e. The van der Waals surface area contributed by atoms with E-state index in [4.69, 9.17) is 0 Å². The van der Waals surface area contributed by atoms with E-state index < -0.39 is 10.2 Å². The topological polar surface area (TPSA) is 131 Å². The second-order valence-corrected chi connectivity index (χ2v) is 11.3. The van der Waals surface area contributed by atoms with E-state index in [1.54, 1.807) is 15.3 Å². The van der Waals surface area contributed by atoms with Crippen LogP contribution in [0, 0.1) is 6.92 Å². The van der Waals surface area contributed by atoms with Crippen molar-refractivity contribution in [1.82, 2.24) is 43.1 Å². The Morgan fingerprint density at radius 3 is 2.59 bits per heavy atom. The zero-order valence-corrected chi connectivity index (χ0v) is 22.0.